The molecule has 0 atom stereocenters. The summed E-state index contributed by atoms with van der Waals surface area (Å²) in [6, 6.07) is 0. The summed E-state index contributed by atoms with van der Waals surface area (Å²) in [5, 5.41) is 16.0. The highest BCUT2D eigenvalue weighted by Crippen LogP contribution is 2.03. The van der Waals surface area contributed by atoms with Crippen LogP contribution in [0.15, 0.2) is 12.2 Å². The first-order chi connectivity index (χ1) is 7.84. The van der Waals surface area contributed by atoms with Crippen molar-refractivity contribution in [3.63, 3.8) is 0 Å². The van der Waals surface area contributed by atoms with Crippen molar-refractivity contribution in [2.45, 2.75) is 33.6 Å². The Hall–Kier alpha value is -1.36. The molecule has 0 rings (SSSR count). The van der Waals surface area contributed by atoms with E-state index >= 15 is 0 Å². The van der Waals surface area contributed by atoms with Gasteiger partial charge < -0.3 is 15.1 Å². The van der Waals surface area contributed by atoms with Crippen LogP contribution in [0.4, 0.5) is 0 Å². The summed E-state index contributed by atoms with van der Waals surface area (Å²) >= 11 is 0. The number of carbonyl (C=O) groups is 2. The van der Waals surface area contributed by atoms with E-state index in [1.54, 1.807) is 0 Å². The second-order valence-corrected chi connectivity index (χ2v) is 3.56. The zero-order valence-electron chi connectivity index (χ0n) is 10.9. The van der Waals surface area contributed by atoms with Crippen LogP contribution in [0.5, 0.6) is 0 Å². The van der Waals surface area contributed by atoms with Crippen molar-refractivity contribution in [1.82, 2.24) is 4.90 Å². The van der Waals surface area contributed by atoms with Crippen LogP contribution in [0.25, 0.3) is 0 Å². The predicted octanol–water partition coefficient (Wildman–Crippen LogP) is 1.84. The van der Waals surface area contributed by atoms with E-state index in [1.807, 2.05) is 0 Å². The van der Waals surface area contributed by atoms with Crippen molar-refractivity contribution in [2.75, 3.05) is 19.6 Å². The van der Waals surface area contributed by atoms with Gasteiger partial charge in [-0.1, -0.05) is 20.4 Å². The molecule has 0 aromatic heterocycles. The van der Waals surface area contributed by atoms with Gasteiger partial charge in [-0.3, -0.25) is 4.79 Å². The number of hydrogen-bond acceptors (Lipinski definition) is 3. The molecule has 0 heterocycles. The third-order valence-electron chi connectivity index (χ3n) is 2.15. The zero-order chi connectivity index (χ0) is 13.8. The van der Waals surface area contributed by atoms with Gasteiger partial charge in [0.05, 0.1) is 0 Å². The average molecular weight is 245 g/mol. The number of hydrogen-bond donors (Lipinski definition) is 2. The van der Waals surface area contributed by atoms with Crippen LogP contribution in [-0.2, 0) is 9.59 Å². The smallest absolute Gasteiger partial charge is 0.330 e. The average Bonchev–Trinajstić information content (AvgIpc) is 2.23. The SMILES string of the molecule is C=C(CCCN(CC)CC)C(=O)O.CC(=O)O. The van der Waals surface area contributed by atoms with Crippen molar-refractivity contribution in [1.29, 1.82) is 0 Å². The molecule has 0 aromatic carbocycles. The fraction of sp³-hybridized carbons (Fsp3) is 0.667. The summed E-state index contributed by atoms with van der Waals surface area (Å²) in [6.07, 6.45) is 1.47. The molecule has 0 aliphatic carbocycles. The zero-order valence-corrected chi connectivity index (χ0v) is 10.9. The van der Waals surface area contributed by atoms with Crippen LogP contribution in [0.2, 0.25) is 0 Å². The Kier molecular flexibility index (Phi) is 11.8. The molecule has 0 aliphatic rings. The van der Waals surface area contributed by atoms with E-state index < -0.39 is 11.9 Å². The Morgan fingerprint density at radius 2 is 1.59 bits per heavy atom. The van der Waals surface area contributed by atoms with Crippen LogP contribution in [0.1, 0.15) is 33.6 Å². The first kappa shape index (κ1) is 18.0. The molecule has 0 spiro atoms. The summed E-state index contributed by atoms with van der Waals surface area (Å²) in [5.41, 5.74) is 0.312. The topological polar surface area (TPSA) is 77.8 Å². The minimum atomic E-state index is -0.875. The molecule has 0 unspecified atom stereocenters. The highest BCUT2D eigenvalue weighted by molar-refractivity contribution is 5.85. The van der Waals surface area contributed by atoms with E-state index in [2.05, 4.69) is 25.3 Å². The van der Waals surface area contributed by atoms with Gasteiger partial charge in [0, 0.05) is 12.5 Å². The Morgan fingerprint density at radius 1 is 1.18 bits per heavy atom. The van der Waals surface area contributed by atoms with Crippen LogP contribution in [0, 0.1) is 0 Å². The molecule has 0 bridgehead atoms. The largest absolute Gasteiger partial charge is 0.481 e. The van der Waals surface area contributed by atoms with E-state index in [4.69, 9.17) is 15.0 Å². The maximum Gasteiger partial charge on any atom is 0.330 e. The lowest BCUT2D eigenvalue weighted by atomic mass is 10.1. The molecule has 0 amide bonds. The van der Waals surface area contributed by atoms with Crippen molar-refractivity contribution >= 4 is 11.9 Å². The number of carboxylic acids is 2. The molecule has 5 heteroatoms. The summed E-state index contributed by atoms with van der Waals surface area (Å²) in [7, 11) is 0. The summed E-state index contributed by atoms with van der Waals surface area (Å²) in [4.78, 5) is 21.7. The van der Waals surface area contributed by atoms with E-state index in [1.165, 1.54) is 0 Å². The molecule has 0 radical (unpaired) electrons. The Bertz CT molecular complexity index is 243. The summed E-state index contributed by atoms with van der Waals surface area (Å²) < 4.78 is 0. The van der Waals surface area contributed by atoms with Crippen LogP contribution in [-0.4, -0.2) is 46.7 Å². The molecule has 100 valence electrons. The molecule has 5 nitrogen and oxygen atoms in total. The van der Waals surface area contributed by atoms with Gasteiger partial charge in [0.2, 0.25) is 0 Å². The standard InChI is InChI=1S/C10H19NO2.C2H4O2/c1-4-11(5-2)8-6-7-9(3)10(12)13;1-2(3)4/h3-8H2,1-2H3,(H,12,13);1H3,(H,3,4). The summed E-state index contributed by atoms with van der Waals surface area (Å²) in [5.74, 6) is -1.71. The van der Waals surface area contributed by atoms with Gasteiger partial charge in [-0.05, 0) is 32.5 Å². The molecular weight excluding hydrogens is 222 g/mol. The second kappa shape index (κ2) is 11.1. The third-order valence-corrected chi connectivity index (χ3v) is 2.15. The van der Waals surface area contributed by atoms with Gasteiger partial charge in [0.1, 0.15) is 0 Å². The lowest BCUT2D eigenvalue weighted by molar-refractivity contribution is -0.134. The Balaban J connectivity index is 0. The maximum atomic E-state index is 10.4. The quantitative estimate of drug-likeness (QED) is 0.669. The highest BCUT2D eigenvalue weighted by Gasteiger charge is 2.04. The number of carboxylic acid groups (broad SMARTS) is 2. The van der Waals surface area contributed by atoms with Gasteiger partial charge in [-0.25, -0.2) is 4.79 Å². The number of nitrogens with zero attached hydrogens (tertiary/aromatic N) is 1. The summed E-state index contributed by atoms with van der Waals surface area (Å²) in [6.45, 7) is 11.8. The fourth-order valence-electron chi connectivity index (χ4n) is 1.16. The minimum Gasteiger partial charge on any atom is -0.481 e. The predicted molar refractivity (Wildman–Crippen MR) is 67.1 cm³/mol. The van der Waals surface area contributed by atoms with Gasteiger partial charge >= 0.3 is 5.97 Å². The highest BCUT2D eigenvalue weighted by atomic mass is 16.4. The van der Waals surface area contributed by atoms with Crippen molar-refractivity contribution in [3.05, 3.63) is 12.2 Å². The van der Waals surface area contributed by atoms with Crippen LogP contribution < -0.4 is 0 Å². The molecule has 0 aliphatic heterocycles. The van der Waals surface area contributed by atoms with Gasteiger partial charge in [-0.2, -0.15) is 0 Å². The molecule has 0 saturated carbocycles. The van der Waals surface area contributed by atoms with Gasteiger partial charge in [0.15, 0.2) is 0 Å². The monoisotopic (exact) mass is 245 g/mol. The van der Waals surface area contributed by atoms with E-state index in [0.29, 0.717) is 12.0 Å². The molecular formula is C12H23NO4. The Labute approximate surface area is 103 Å². The first-order valence-corrected chi connectivity index (χ1v) is 5.68. The fourth-order valence-corrected chi connectivity index (χ4v) is 1.16. The van der Waals surface area contributed by atoms with Crippen LogP contribution in [0.3, 0.4) is 0 Å². The normalized spacial score (nSPS) is 9.41. The number of aliphatic carboxylic acids is 2. The molecule has 2 N–H and O–H groups in total. The first-order valence-electron chi connectivity index (χ1n) is 5.68. The van der Waals surface area contributed by atoms with Gasteiger partial charge in [-0.15, -0.1) is 0 Å². The lowest BCUT2D eigenvalue weighted by Crippen LogP contribution is -2.24. The third kappa shape index (κ3) is 14.6. The van der Waals surface area contributed by atoms with E-state index in [-0.39, 0.29) is 0 Å². The molecule has 0 saturated heterocycles. The van der Waals surface area contributed by atoms with Crippen molar-refractivity contribution in [3.8, 4) is 0 Å². The van der Waals surface area contributed by atoms with Crippen molar-refractivity contribution in [2.24, 2.45) is 0 Å². The number of rotatable bonds is 7. The Morgan fingerprint density at radius 3 is 1.88 bits per heavy atom. The minimum absolute atomic E-state index is 0.312. The van der Waals surface area contributed by atoms with E-state index in [0.717, 1.165) is 33.0 Å². The van der Waals surface area contributed by atoms with E-state index in [9.17, 15) is 4.79 Å². The van der Waals surface area contributed by atoms with Gasteiger partial charge in [0.25, 0.3) is 5.97 Å². The molecule has 0 fully saturated rings. The van der Waals surface area contributed by atoms with Crippen molar-refractivity contribution < 1.29 is 19.8 Å². The lowest BCUT2D eigenvalue weighted by Gasteiger charge is -2.17. The molecule has 17 heavy (non-hydrogen) atoms. The molecule has 0 aromatic rings. The second-order valence-electron chi connectivity index (χ2n) is 3.56. The maximum absolute atomic E-state index is 10.4. The van der Waals surface area contributed by atoms with Crippen LogP contribution >= 0.6 is 0 Å².